The molecule has 154 valence electrons. The monoisotopic (exact) mass is 392 g/mol. The average molecular weight is 393 g/mol. The van der Waals surface area contributed by atoms with Gasteiger partial charge in [-0.2, -0.15) is 0 Å². The maximum absolute atomic E-state index is 12.1. The van der Waals surface area contributed by atoms with Gasteiger partial charge < -0.3 is 9.84 Å². The van der Waals surface area contributed by atoms with E-state index < -0.39 is 5.97 Å². The van der Waals surface area contributed by atoms with Crippen LogP contribution < -0.4 is 4.74 Å². The molecule has 1 saturated carbocycles. The summed E-state index contributed by atoms with van der Waals surface area (Å²) in [5.41, 5.74) is 4.85. The number of carbonyl (C=O) groups is 1. The Balaban J connectivity index is 1.81. The minimum absolute atomic E-state index is 0.108. The molecule has 3 rings (SSSR count). The molecule has 0 amide bonds. The number of aliphatic hydroxyl groups is 1. The number of rotatable bonds is 7. The topological polar surface area (TPSA) is 46.5 Å². The molecular formula is C26H32O3. The molecule has 1 N–H and O–H groups in total. The Morgan fingerprint density at radius 1 is 1.07 bits per heavy atom. The number of carbonyl (C=O) groups excluding carboxylic acids is 1. The molecule has 1 aliphatic carbocycles. The molecule has 29 heavy (non-hydrogen) atoms. The predicted molar refractivity (Wildman–Crippen MR) is 118 cm³/mol. The third-order valence-corrected chi connectivity index (χ3v) is 5.95. The summed E-state index contributed by atoms with van der Waals surface area (Å²) >= 11 is 0. The van der Waals surface area contributed by atoms with Crippen LogP contribution in [-0.4, -0.2) is 17.7 Å². The van der Waals surface area contributed by atoms with E-state index in [4.69, 9.17) is 9.84 Å². The van der Waals surface area contributed by atoms with Crippen LogP contribution in [0.2, 0.25) is 0 Å². The van der Waals surface area contributed by atoms with Gasteiger partial charge in [0.1, 0.15) is 5.75 Å². The van der Waals surface area contributed by atoms with Gasteiger partial charge >= 0.3 is 5.97 Å². The summed E-state index contributed by atoms with van der Waals surface area (Å²) in [6, 6.07) is 14.8. The summed E-state index contributed by atoms with van der Waals surface area (Å²) in [4.78, 5) is 12.1. The Bertz CT molecular complexity index is 843. The van der Waals surface area contributed by atoms with Crippen LogP contribution in [-0.2, 0) is 11.2 Å². The van der Waals surface area contributed by atoms with Crippen LogP contribution >= 0.6 is 0 Å². The molecule has 0 aliphatic heterocycles. The van der Waals surface area contributed by atoms with Crippen LogP contribution in [0, 0.1) is 5.92 Å². The van der Waals surface area contributed by atoms with Crippen LogP contribution in [0.15, 0.2) is 54.6 Å². The van der Waals surface area contributed by atoms with Crippen LogP contribution in [0.5, 0.6) is 5.75 Å². The van der Waals surface area contributed by atoms with Gasteiger partial charge in [0.15, 0.2) is 0 Å². The molecule has 0 atom stereocenters. The van der Waals surface area contributed by atoms with Crippen LogP contribution in [0.25, 0.3) is 11.1 Å². The standard InChI is InChI=1S/C26H32O3/c1-18(2)26(28)29-25-17-24(15-14-23(25)5-4-16-27)22-12-10-21(11-13-22)20-8-6-19(3)7-9-20/h10-15,17,19-20,27H,1,4-9,16H2,2-3H3. The van der Waals surface area contributed by atoms with Gasteiger partial charge in [0, 0.05) is 12.2 Å². The van der Waals surface area contributed by atoms with Gasteiger partial charge in [-0.1, -0.05) is 62.7 Å². The summed E-state index contributed by atoms with van der Waals surface area (Å²) in [5, 5.41) is 9.15. The molecule has 3 nitrogen and oxygen atoms in total. The lowest BCUT2D eigenvalue weighted by molar-refractivity contribution is -0.130. The molecule has 2 aromatic carbocycles. The predicted octanol–water partition coefficient (Wildman–Crippen LogP) is 6.05. The largest absolute Gasteiger partial charge is 0.423 e. The van der Waals surface area contributed by atoms with E-state index in [1.807, 2.05) is 12.1 Å². The van der Waals surface area contributed by atoms with Gasteiger partial charge in [-0.05, 0) is 72.8 Å². The van der Waals surface area contributed by atoms with Gasteiger partial charge in [-0.25, -0.2) is 4.79 Å². The fourth-order valence-electron chi connectivity index (χ4n) is 4.03. The van der Waals surface area contributed by atoms with Crippen molar-refractivity contribution in [1.82, 2.24) is 0 Å². The highest BCUT2D eigenvalue weighted by Gasteiger charge is 2.19. The molecule has 1 fully saturated rings. The highest BCUT2D eigenvalue weighted by atomic mass is 16.5. The summed E-state index contributed by atoms with van der Waals surface area (Å²) in [5.74, 6) is 1.66. The van der Waals surface area contributed by atoms with E-state index in [2.05, 4.69) is 43.8 Å². The van der Waals surface area contributed by atoms with Crippen molar-refractivity contribution >= 4 is 5.97 Å². The molecule has 1 aliphatic rings. The normalized spacial score (nSPS) is 19.0. The van der Waals surface area contributed by atoms with E-state index in [0.29, 0.717) is 30.1 Å². The molecule has 0 heterocycles. The first-order chi connectivity index (χ1) is 14.0. The lowest BCUT2D eigenvalue weighted by Crippen LogP contribution is -2.10. The summed E-state index contributed by atoms with van der Waals surface area (Å²) in [6.45, 7) is 7.77. The number of hydrogen-bond donors (Lipinski definition) is 1. The zero-order valence-corrected chi connectivity index (χ0v) is 17.6. The molecule has 0 spiro atoms. The third-order valence-electron chi connectivity index (χ3n) is 5.95. The van der Waals surface area contributed by atoms with Crippen molar-refractivity contribution in [2.75, 3.05) is 6.61 Å². The van der Waals surface area contributed by atoms with Gasteiger partial charge in [0.05, 0.1) is 0 Å². The van der Waals surface area contributed by atoms with Gasteiger partial charge in [-0.15, -0.1) is 0 Å². The second-order valence-electron chi connectivity index (χ2n) is 8.40. The molecule has 3 heteroatoms. The fourth-order valence-corrected chi connectivity index (χ4v) is 4.03. The molecule has 0 unspecified atom stereocenters. The van der Waals surface area contributed by atoms with Crippen molar-refractivity contribution in [3.05, 3.63) is 65.7 Å². The van der Waals surface area contributed by atoms with Crippen molar-refractivity contribution in [2.24, 2.45) is 5.92 Å². The Kier molecular flexibility index (Phi) is 7.27. The molecule has 0 bridgehead atoms. The van der Waals surface area contributed by atoms with Crippen molar-refractivity contribution in [3.63, 3.8) is 0 Å². The first kappa shape index (κ1) is 21.3. The average Bonchev–Trinajstić information content (AvgIpc) is 2.73. The number of hydrogen-bond acceptors (Lipinski definition) is 3. The summed E-state index contributed by atoms with van der Waals surface area (Å²) < 4.78 is 5.57. The van der Waals surface area contributed by atoms with Gasteiger partial charge in [0.25, 0.3) is 0 Å². The summed E-state index contributed by atoms with van der Waals surface area (Å²) in [7, 11) is 0. The van der Waals surface area contributed by atoms with E-state index in [1.54, 1.807) is 6.92 Å². The van der Waals surface area contributed by atoms with E-state index in [0.717, 1.165) is 22.6 Å². The smallest absolute Gasteiger partial charge is 0.338 e. The Hall–Kier alpha value is -2.39. The quantitative estimate of drug-likeness (QED) is 0.354. The van der Waals surface area contributed by atoms with Crippen molar-refractivity contribution in [2.45, 2.75) is 58.3 Å². The summed E-state index contributed by atoms with van der Waals surface area (Å²) in [6.07, 6.45) is 6.49. The van der Waals surface area contributed by atoms with Crippen LogP contribution in [0.1, 0.15) is 63.0 Å². The Morgan fingerprint density at radius 3 is 2.34 bits per heavy atom. The maximum atomic E-state index is 12.1. The van der Waals surface area contributed by atoms with Gasteiger partial charge in [0.2, 0.25) is 0 Å². The second kappa shape index (κ2) is 9.89. The number of aliphatic hydroxyl groups excluding tert-OH is 1. The van der Waals surface area contributed by atoms with E-state index in [-0.39, 0.29) is 6.61 Å². The number of benzene rings is 2. The van der Waals surface area contributed by atoms with Crippen molar-refractivity contribution < 1.29 is 14.6 Å². The minimum Gasteiger partial charge on any atom is -0.423 e. The van der Waals surface area contributed by atoms with Crippen LogP contribution in [0.4, 0.5) is 0 Å². The molecular weight excluding hydrogens is 360 g/mol. The number of esters is 1. The lowest BCUT2D eigenvalue weighted by Gasteiger charge is -2.26. The number of ether oxygens (including phenoxy) is 1. The zero-order chi connectivity index (χ0) is 20.8. The Labute approximate surface area is 174 Å². The zero-order valence-electron chi connectivity index (χ0n) is 17.6. The first-order valence-corrected chi connectivity index (χ1v) is 10.7. The molecule has 0 aromatic heterocycles. The molecule has 0 radical (unpaired) electrons. The van der Waals surface area contributed by atoms with Crippen molar-refractivity contribution in [3.8, 4) is 16.9 Å². The highest BCUT2D eigenvalue weighted by molar-refractivity contribution is 5.89. The highest BCUT2D eigenvalue weighted by Crippen LogP contribution is 2.36. The number of aryl methyl sites for hydroxylation is 1. The third kappa shape index (κ3) is 5.57. The van der Waals surface area contributed by atoms with E-state index >= 15 is 0 Å². The SMILES string of the molecule is C=C(C)C(=O)Oc1cc(-c2ccc(C3CCC(C)CC3)cc2)ccc1CCCO. The molecule has 2 aromatic rings. The Morgan fingerprint density at radius 2 is 1.72 bits per heavy atom. The lowest BCUT2D eigenvalue weighted by atomic mass is 9.79. The van der Waals surface area contributed by atoms with Crippen molar-refractivity contribution in [1.29, 1.82) is 0 Å². The van der Waals surface area contributed by atoms with Gasteiger partial charge in [-0.3, -0.25) is 0 Å². The van der Waals surface area contributed by atoms with E-state index in [1.165, 1.54) is 31.2 Å². The fraction of sp³-hybridized carbons (Fsp3) is 0.423. The minimum atomic E-state index is -0.422. The first-order valence-electron chi connectivity index (χ1n) is 10.7. The van der Waals surface area contributed by atoms with E-state index in [9.17, 15) is 4.79 Å². The molecule has 0 saturated heterocycles. The second-order valence-corrected chi connectivity index (χ2v) is 8.40. The maximum Gasteiger partial charge on any atom is 0.338 e. The van der Waals surface area contributed by atoms with Crippen LogP contribution in [0.3, 0.4) is 0 Å².